The first-order valence-corrected chi connectivity index (χ1v) is 11.3. The van der Waals surface area contributed by atoms with Gasteiger partial charge >= 0.3 is 0 Å². The van der Waals surface area contributed by atoms with Crippen molar-refractivity contribution in [1.29, 1.82) is 0 Å². The number of nitrogens with zero attached hydrogens (tertiary/aromatic N) is 1. The van der Waals surface area contributed by atoms with E-state index in [1.54, 1.807) is 60.7 Å². The quantitative estimate of drug-likeness (QED) is 0.271. The summed E-state index contributed by atoms with van der Waals surface area (Å²) >= 11 is 0. The Kier molecular flexibility index (Phi) is 7.01. The maximum Gasteiger partial charge on any atom is 0.296 e. The van der Waals surface area contributed by atoms with E-state index in [0.717, 1.165) is 6.42 Å². The first kappa shape index (κ1) is 23.2. The van der Waals surface area contributed by atoms with Crippen LogP contribution in [0.2, 0.25) is 0 Å². The van der Waals surface area contributed by atoms with Gasteiger partial charge in [0.25, 0.3) is 11.7 Å². The van der Waals surface area contributed by atoms with Gasteiger partial charge in [-0.15, -0.1) is 0 Å². The predicted molar refractivity (Wildman–Crippen MR) is 126 cm³/mol. The van der Waals surface area contributed by atoms with Gasteiger partial charge < -0.3 is 23.9 Å². The van der Waals surface area contributed by atoms with Gasteiger partial charge in [-0.2, -0.15) is 0 Å². The van der Waals surface area contributed by atoms with Crippen molar-refractivity contribution in [3.05, 3.63) is 89.4 Å². The Morgan fingerprint density at radius 1 is 1.00 bits per heavy atom. The zero-order valence-corrected chi connectivity index (χ0v) is 19.2. The number of aliphatic hydroxyl groups excluding tert-OH is 1. The predicted octanol–water partition coefficient (Wildman–Crippen LogP) is 5.09. The zero-order valence-electron chi connectivity index (χ0n) is 19.2. The molecule has 7 heteroatoms. The molecular formula is C27H27NO6. The number of ketones is 1. The van der Waals surface area contributed by atoms with Crippen LogP contribution < -0.4 is 9.47 Å². The summed E-state index contributed by atoms with van der Waals surface area (Å²) in [6.07, 6.45) is 2.35. The monoisotopic (exact) mass is 461 g/mol. The molecule has 1 saturated heterocycles. The van der Waals surface area contributed by atoms with Crippen LogP contribution in [0.4, 0.5) is 0 Å². The molecule has 1 aliphatic rings. The maximum atomic E-state index is 13.2. The second kappa shape index (κ2) is 10.3. The lowest BCUT2D eigenvalue weighted by Crippen LogP contribution is -2.29. The van der Waals surface area contributed by atoms with Crippen LogP contribution in [0.3, 0.4) is 0 Å². The van der Waals surface area contributed by atoms with Crippen LogP contribution in [0.15, 0.2) is 76.9 Å². The minimum Gasteiger partial charge on any atom is -0.507 e. The van der Waals surface area contributed by atoms with E-state index in [0.29, 0.717) is 41.6 Å². The third-order valence-corrected chi connectivity index (χ3v) is 5.53. The van der Waals surface area contributed by atoms with Crippen molar-refractivity contribution in [2.45, 2.75) is 32.9 Å². The first-order chi connectivity index (χ1) is 16.5. The van der Waals surface area contributed by atoms with Crippen LogP contribution in [0.25, 0.3) is 5.76 Å². The van der Waals surface area contributed by atoms with Gasteiger partial charge in [0.1, 0.15) is 23.0 Å². The number of hydrogen-bond acceptors (Lipinski definition) is 6. The van der Waals surface area contributed by atoms with Crippen LogP contribution in [-0.2, 0) is 16.1 Å². The summed E-state index contributed by atoms with van der Waals surface area (Å²) in [4.78, 5) is 27.7. The lowest BCUT2D eigenvalue weighted by atomic mass is 9.95. The first-order valence-electron chi connectivity index (χ1n) is 11.3. The van der Waals surface area contributed by atoms with Crippen LogP contribution >= 0.6 is 0 Å². The summed E-state index contributed by atoms with van der Waals surface area (Å²) in [6.45, 7) is 5.04. The van der Waals surface area contributed by atoms with Gasteiger partial charge in [0.2, 0.25) is 0 Å². The lowest BCUT2D eigenvalue weighted by molar-refractivity contribution is -0.140. The Balaban J connectivity index is 1.79. The van der Waals surface area contributed by atoms with Crippen molar-refractivity contribution in [2.75, 3.05) is 13.2 Å². The van der Waals surface area contributed by atoms with Gasteiger partial charge in [-0.05, 0) is 55.3 Å². The fourth-order valence-corrected chi connectivity index (χ4v) is 3.98. The van der Waals surface area contributed by atoms with Gasteiger partial charge in [-0.1, -0.05) is 31.2 Å². The Morgan fingerprint density at radius 3 is 2.47 bits per heavy atom. The second-order valence-electron chi connectivity index (χ2n) is 7.88. The third kappa shape index (κ3) is 4.69. The largest absolute Gasteiger partial charge is 0.507 e. The molecule has 34 heavy (non-hydrogen) atoms. The van der Waals surface area contributed by atoms with E-state index in [1.807, 2.05) is 13.8 Å². The molecule has 1 N–H and O–H groups in total. The maximum absolute atomic E-state index is 13.2. The zero-order chi connectivity index (χ0) is 24.1. The highest BCUT2D eigenvalue weighted by molar-refractivity contribution is 6.46. The number of hydrogen-bond donors (Lipinski definition) is 1. The van der Waals surface area contributed by atoms with Gasteiger partial charge in [0.15, 0.2) is 0 Å². The fourth-order valence-electron chi connectivity index (χ4n) is 3.98. The Bertz CT molecular complexity index is 1180. The van der Waals surface area contributed by atoms with Crippen LogP contribution in [0, 0.1) is 0 Å². The van der Waals surface area contributed by atoms with Gasteiger partial charge in [-0.25, -0.2) is 0 Å². The van der Waals surface area contributed by atoms with Crippen LogP contribution in [0.5, 0.6) is 11.5 Å². The number of likely N-dealkylation sites (tertiary alicyclic amines) is 1. The molecule has 2 aromatic carbocycles. The van der Waals surface area contributed by atoms with Crippen LogP contribution in [-0.4, -0.2) is 34.9 Å². The van der Waals surface area contributed by atoms with E-state index >= 15 is 0 Å². The molecule has 4 rings (SSSR count). The van der Waals surface area contributed by atoms with E-state index in [2.05, 4.69) is 0 Å². The molecular weight excluding hydrogens is 434 g/mol. The SMILES string of the molecule is CCCOc1cccc(/C(O)=C2\C(=O)C(=O)N(Cc3ccco3)C2c2ccc(OCC)cc2)c1. The van der Waals surface area contributed by atoms with Crippen molar-refractivity contribution in [1.82, 2.24) is 4.90 Å². The molecule has 3 aromatic rings. The number of carbonyl (C=O) groups excluding carboxylic acids is 2. The molecule has 0 bridgehead atoms. The Morgan fingerprint density at radius 2 is 1.79 bits per heavy atom. The summed E-state index contributed by atoms with van der Waals surface area (Å²) in [7, 11) is 0. The second-order valence-corrected chi connectivity index (χ2v) is 7.88. The molecule has 1 aliphatic heterocycles. The van der Waals surface area contributed by atoms with E-state index in [1.165, 1.54) is 11.2 Å². The number of rotatable bonds is 9. The summed E-state index contributed by atoms with van der Waals surface area (Å²) < 4.78 is 16.6. The molecule has 1 amide bonds. The third-order valence-electron chi connectivity index (χ3n) is 5.53. The summed E-state index contributed by atoms with van der Waals surface area (Å²) in [5.74, 6) is 0.0929. The van der Waals surface area contributed by atoms with Crippen molar-refractivity contribution < 1.29 is 28.6 Å². The fraction of sp³-hybridized carbons (Fsp3) is 0.259. The minimum absolute atomic E-state index is 0.0216. The van der Waals surface area contributed by atoms with Gasteiger partial charge in [0, 0.05) is 5.56 Å². The number of benzene rings is 2. The normalized spacial score (nSPS) is 17.2. The molecule has 1 aromatic heterocycles. The summed E-state index contributed by atoms with van der Waals surface area (Å²) in [6, 6.07) is 16.7. The molecule has 0 spiro atoms. The molecule has 0 aliphatic carbocycles. The number of furan rings is 1. The molecule has 176 valence electrons. The molecule has 1 unspecified atom stereocenters. The number of Topliss-reactive ketones (excluding diaryl/α,β-unsaturated/α-hetero) is 1. The standard InChI is InChI=1S/C27H27NO6/c1-3-14-33-21-8-5-7-19(16-21)25(29)23-24(18-10-12-20(13-11-18)32-4-2)28(27(31)26(23)30)17-22-9-6-15-34-22/h5-13,15-16,24,29H,3-4,14,17H2,1-2H3/b25-23+. The summed E-state index contributed by atoms with van der Waals surface area (Å²) in [5.41, 5.74) is 1.10. The van der Waals surface area contributed by atoms with Crippen molar-refractivity contribution in [3.8, 4) is 11.5 Å². The van der Waals surface area contributed by atoms with Gasteiger partial charge in [0.05, 0.1) is 37.6 Å². The minimum atomic E-state index is -0.791. The number of aliphatic hydroxyl groups is 1. The molecule has 0 saturated carbocycles. The van der Waals surface area contributed by atoms with Crippen molar-refractivity contribution in [2.24, 2.45) is 0 Å². The molecule has 2 heterocycles. The van der Waals surface area contributed by atoms with E-state index < -0.39 is 17.7 Å². The number of ether oxygens (including phenoxy) is 2. The number of carbonyl (C=O) groups is 2. The molecule has 0 radical (unpaired) electrons. The van der Waals surface area contributed by atoms with E-state index in [9.17, 15) is 14.7 Å². The van der Waals surface area contributed by atoms with E-state index in [-0.39, 0.29) is 17.9 Å². The molecule has 1 atom stereocenters. The highest BCUT2D eigenvalue weighted by Crippen LogP contribution is 2.41. The smallest absolute Gasteiger partial charge is 0.296 e. The molecule has 1 fully saturated rings. The van der Waals surface area contributed by atoms with E-state index in [4.69, 9.17) is 13.9 Å². The van der Waals surface area contributed by atoms with Gasteiger partial charge in [-0.3, -0.25) is 9.59 Å². The highest BCUT2D eigenvalue weighted by Gasteiger charge is 2.46. The van der Waals surface area contributed by atoms with Crippen molar-refractivity contribution in [3.63, 3.8) is 0 Å². The highest BCUT2D eigenvalue weighted by atomic mass is 16.5. The Labute approximate surface area is 198 Å². The number of amides is 1. The van der Waals surface area contributed by atoms with Crippen LogP contribution in [0.1, 0.15) is 43.2 Å². The molecule has 7 nitrogen and oxygen atoms in total. The Hall–Kier alpha value is -4.00. The van der Waals surface area contributed by atoms with Crippen molar-refractivity contribution >= 4 is 17.4 Å². The lowest BCUT2D eigenvalue weighted by Gasteiger charge is -2.24. The average Bonchev–Trinajstić information content (AvgIpc) is 3.46. The topological polar surface area (TPSA) is 89.2 Å². The average molecular weight is 462 g/mol. The summed E-state index contributed by atoms with van der Waals surface area (Å²) in [5, 5.41) is 11.2.